The van der Waals surface area contributed by atoms with Crippen molar-refractivity contribution in [1.82, 2.24) is 15.5 Å². The number of nitrogens with zero attached hydrogens (tertiary/aromatic N) is 2. The van der Waals surface area contributed by atoms with E-state index >= 15 is 0 Å². The van der Waals surface area contributed by atoms with Crippen LogP contribution in [0, 0.1) is 5.92 Å². The molecule has 90 valence electrons. The Morgan fingerprint density at radius 1 is 1.50 bits per heavy atom. The van der Waals surface area contributed by atoms with Crippen molar-refractivity contribution in [1.29, 1.82) is 0 Å². The normalized spacial score (nSPS) is 21.6. The number of aromatic nitrogens is 2. The predicted molar refractivity (Wildman–Crippen MR) is 62.3 cm³/mol. The highest BCUT2D eigenvalue weighted by atomic mass is 16.5. The lowest BCUT2D eigenvalue weighted by Crippen LogP contribution is -2.28. The Balaban J connectivity index is 1.90. The van der Waals surface area contributed by atoms with Crippen molar-refractivity contribution in [2.45, 2.75) is 45.4 Å². The SMILES string of the molecule is CC(C)CCc1noc([C@@H]2CCCNC2)n1. The van der Waals surface area contributed by atoms with Gasteiger partial charge in [0, 0.05) is 13.0 Å². The molecule has 0 unspecified atom stereocenters. The molecule has 2 rings (SSSR count). The van der Waals surface area contributed by atoms with Crippen molar-refractivity contribution >= 4 is 0 Å². The zero-order chi connectivity index (χ0) is 11.4. The lowest BCUT2D eigenvalue weighted by molar-refractivity contribution is 0.319. The standard InChI is InChI=1S/C12H21N3O/c1-9(2)5-6-11-14-12(16-15-11)10-4-3-7-13-8-10/h9-10,13H,3-8H2,1-2H3/t10-/m1/s1. The first kappa shape index (κ1) is 11.6. The quantitative estimate of drug-likeness (QED) is 0.849. The first-order valence-corrected chi connectivity index (χ1v) is 6.29. The van der Waals surface area contributed by atoms with E-state index in [2.05, 4.69) is 29.3 Å². The zero-order valence-corrected chi connectivity index (χ0v) is 10.2. The minimum atomic E-state index is 0.425. The summed E-state index contributed by atoms with van der Waals surface area (Å²) in [6.45, 7) is 6.52. The van der Waals surface area contributed by atoms with Gasteiger partial charge >= 0.3 is 0 Å². The summed E-state index contributed by atoms with van der Waals surface area (Å²) in [5, 5.41) is 7.41. The molecular weight excluding hydrogens is 202 g/mol. The van der Waals surface area contributed by atoms with E-state index in [1.165, 1.54) is 12.8 Å². The van der Waals surface area contributed by atoms with Gasteiger partial charge in [0.25, 0.3) is 0 Å². The number of nitrogens with one attached hydrogen (secondary N) is 1. The van der Waals surface area contributed by atoms with Gasteiger partial charge in [-0.05, 0) is 31.7 Å². The maximum Gasteiger partial charge on any atom is 0.231 e. The molecule has 1 aliphatic heterocycles. The van der Waals surface area contributed by atoms with Crippen LogP contribution >= 0.6 is 0 Å². The molecule has 1 aromatic rings. The minimum Gasteiger partial charge on any atom is -0.339 e. The first-order chi connectivity index (χ1) is 7.75. The maximum atomic E-state index is 5.34. The Morgan fingerprint density at radius 2 is 2.38 bits per heavy atom. The number of aryl methyl sites for hydroxylation is 1. The second kappa shape index (κ2) is 5.43. The van der Waals surface area contributed by atoms with Crippen molar-refractivity contribution in [2.24, 2.45) is 5.92 Å². The fourth-order valence-corrected chi connectivity index (χ4v) is 2.02. The molecule has 16 heavy (non-hydrogen) atoms. The summed E-state index contributed by atoms with van der Waals surface area (Å²) in [7, 11) is 0. The molecule has 4 heteroatoms. The van der Waals surface area contributed by atoms with E-state index in [9.17, 15) is 0 Å². The number of hydrogen-bond donors (Lipinski definition) is 1. The molecular formula is C12H21N3O. The van der Waals surface area contributed by atoms with Gasteiger partial charge in [0.1, 0.15) is 0 Å². The molecule has 0 bridgehead atoms. The molecule has 0 radical (unpaired) electrons. The van der Waals surface area contributed by atoms with Crippen LogP contribution in [-0.4, -0.2) is 23.2 Å². The van der Waals surface area contributed by atoms with Gasteiger partial charge in [-0.15, -0.1) is 0 Å². The van der Waals surface area contributed by atoms with E-state index in [4.69, 9.17) is 4.52 Å². The van der Waals surface area contributed by atoms with E-state index in [-0.39, 0.29) is 0 Å². The van der Waals surface area contributed by atoms with Crippen molar-refractivity contribution < 1.29 is 4.52 Å². The molecule has 2 heterocycles. The molecule has 1 aliphatic rings. The molecule has 0 saturated carbocycles. The average Bonchev–Trinajstić information content (AvgIpc) is 2.76. The second-order valence-corrected chi connectivity index (χ2v) is 5.02. The number of hydrogen-bond acceptors (Lipinski definition) is 4. The highest BCUT2D eigenvalue weighted by Crippen LogP contribution is 2.21. The summed E-state index contributed by atoms with van der Waals surface area (Å²) >= 11 is 0. The van der Waals surface area contributed by atoms with Crippen molar-refractivity contribution in [3.05, 3.63) is 11.7 Å². The Hall–Kier alpha value is -0.900. The van der Waals surface area contributed by atoms with Gasteiger partial charge in [0.15, 0.2) is 5.82 Å². The Morgan fingerprint density at radius 3 is 3.06 bits per heavy atom. The summed E-state index contributed by atoms with van der Waals surface area (Å²) in [5.74, 6) is 2.81. The Labute approximate surface area is 96.8 Å². The lowest BCUT2D eigenvalue weighted by atomic mass is 10.00. The third-order valence-corrected chi connectivity index (χ3v) is 3.08. The minimum absolute atomic E-state index is 0.425. The van der Waals surface area contributed by atoms with Crippen LogP contribution in [-0.2, 0) is 6.42 Å². The topological polar surface area (TPSA) is 51.0 Å². The molecule has 1 N–H and O–H groups in total. The number of piperidine rings is 1. The predicted octanol–water partition coefficient (Wildman–Crippen LogP) is 2.13. The second-order valence-electron chi connectivity index (χ2n) is 5.02. The highest BCUT2D eigenvalue weighted by Gasteiger charge is 2.21. The van der Waals surface area contributed by atoms with E-state index in [0.717, 1.165) is 37.6 Å². The van der Waals surface area contributed by atoms with Crippen LogP contribution in [0.3, 0.4) is 0 Å². The molecule has 1 aromatic heterocycles. The number of rotatable bonds is 4. The molecule has 0 aromatic carbocycles. The van der Waals surface area contributed by atoms with Crippen LogP contribution in [0.15, 0.2) is 4.52 Å². The zero-order valence-electron chi connectivity index (χ0n) is 10.2. The van der Waals surface area contributed by atoms with Crippen molar-refractivity contribution in [3.8, 4) is 0 Å². The van der Waals surface area contributed by atoms with Crippen molar-refractivity contribution in [2.75, 3.05) is 13.1 Å². The average molecular weight is 223 g/mol. The third-order valence-electron chi connectivity index (χ3n) is 3.08. The lowest BCUT2D eigenvalue weighted by Gasteiger charge is -2.18. The van der Waals surface area contributed by atoms with E-state index < -0.39 is 0 Å². The van der Waals surface area contributed by atoms with Gasteiger partial charge < -0.3 is 9.84 Å². The summed E-state index contributed by atoms with van der Waals surface area (Å²) in [5.41, 5.74) is 0. The van der Waals surface area contributed by atoms with Crippen LogP contribution < -0.4 is 5.32 Å². The van der Waals surface area contributed by atoms with Crippen LogP contribution in [0.2, 0.25) is 0 Å². The largest absolute Gasteiger partial charge is 0.339 e. The molecule has 4 nitrogen and oxygen atoms in total. The van der Waals surface area contributed by atoms with Gasteiger partial charge in [-0.3, -0.25) is 0 Å². The summed E-state index contributed by atoms with van der Waals surface area (Å²) in [4.78, 5) is 4.49. The first-order valence-electron chi connectivity index (χ1n) is 6.29. The molecule has 1 atom stereocenters. The monoisotopic (exact) mass is 223 g/mol. The van der Waals surface area contributed by atoms with E-state index in [1.54, 1.807) is 0 Å². The Kier molecular flexibility index (Phi) is 3.93. The molecule has 1 saturated heterocycles. The van der Waals surface area contributed by atoms with Crippen LogP contribution in [0.5, 0.6) is 0 Å². The molecule has 0 spiro atoms. The fraction of sp³-hybridized carbons (Fsp3) is 0.833. The van der Waals surface area contributed by atoms with E-state index in [1.807, 2.05) is 0 Å². The van der Waals surface area contributed by atoms with Gasteiger partial charge in [-0.2, -0.15) is 4.98 Å². The van der Waals surface area contributed by atoms with Gasteiger partial charge in [0.05, 0.1) is 5.92 Å². The maximum absolute atomic E-state index is 5.34. The fourth-order valence-electron chi connectivity index (χ4n) is 2.02. The summed E-state index contributed by atoms with van der Waals surface area (Å²) < 4.78 is 5.34. The van der Waals surface area contributed by atoms with Crippen LogP contribution in [0.1, 0.15) is 50.7 Å². The van der Waals surface area contributed by atoms with Gasteiger partial charge in [0.2, 0.25) is 5.89 Å². The molecule has 0 aliphatic carbocycles. The molecule has 1 fully saturated rings. The summed E-state index contributed by atoms with van der Waals surface area (Å²) in [6.07, 6.45) is 4.43. The third kappa shape index (κ3) is 3.04. The summed E-state index contributed by atoms with van der Waals surface area (Å²) in [6, 6.07) is 0. The van der Waals surface area contributed by atoms with Crippen LogP contribution in [0.4, 0.5) is 0 Å². The van der Waals surface area contributed by atoms with Crippen LogP contribution in [0.25, 0.3) is 0 Å². The highest BCUT2D eigenvalue weighted by molar-refractivity contribution is 4.96. The molecule has 0 amide bonds. The van der Waals surface area contributed by atoms with Crippen molar-refractivity contribution in [3.63, 3.8) is 0 Å². The van der Waals surface area contributed by atoms with Gasteiger partial charge in [-0.1, -0.05) is 19.0 Å². The smallest absolute Gasteiger partial charge is 0.231 e. The van der Waals surface area contributed by atoms with E-state index in [0.29, 0.717) is 11.8 Å². The Bertz CT molecular complexity index is 316. The van der Waals surface area contributed by atoms with Gasteiger partial charge in [-0.25, -0.2) is 0 Å².